The fraction of sp³-hybridized carbons (Fsp3) is 0.600. The molecule has 2 heterocycles. The summed E-state index contributed by atoms with van der Waals surface area (Å²) < 4.78 is 47.6. The summed E-state index contributed by atoms with van der Waals surface area (Å²) in [5, 5.41) is 0. The maximum absolute atomic E-state index is 12.8. The van der Waals surface area contributed by atoms with Crippen molar-refractivity contribution in [3.05, 3.63) is 33.9 Å². The Morgan fingerprint density at radius 3 is 2.12 bits per heavy atom. The van der Waals surface area contributed by atoms with Crippen LogP contribution in [0.25, 0.3) is 0 Å². The average Bonchev–Trinajstić information content (AvgIpc) is 3.49. The Kier molecular flexibility index (Phi) is 16.6. The normalized spacial score (nSPS) is 14.3. The fourth-order valence-electron chi connectivity index (χ4n) is 5.24. The van der Waals surface area contributed by atoms with Gasteiger partial charge in [-0.1, -0.05) is 11.6 Å². The number of morpholine rings is 1. The number of rotatable bonds is 20. The Labute approximate surface area is 296 Å². The zero-order chi connectivity index (χ0) is 37.3. The van der Waals surface area contributed by atoms with Crippen molar-refractivity contribution in [3.8, 4) is 11.5 Å². The number of carbonyl (C=O) groups is 6. The van der Waals surface area contributed by atoms with Crippen molar-refractivity contribution in [2.75, 3.05) is 66.6 Å². The number of nitrogens with zero attached hydrogens (tertiary/aromatic N) is 1. The van der Waals surface area contributed by atoms with E-state index in [0.717, 1.165) is 18.7 Å². The number of carbonyl (C=O) groups excluding carboxylic acids is 6. The molecule has 0 radical (unpaired) electrons. The molecule has 0 atom stereocenters. The number of cyclic esters (lactones) is 1. The molecule has 0 amide bonds. The van der Waals surface area contributed by atoms with Gasteiger partial charge in [0.05, 0.1) is 33.2 Å². The number of ether oxygens (including phenoxy) is 9. The van der Waals surface area contributed by atoms with E-state index in [9.17, 15) is 28.8 Å². The van der Waals surface area contributed by atoms with Crippen molar-refractivity contribution in [3.63, 3.8) is 0 Å². The molecule has 1 saturated heterocycles. The molecule has 16 nitrogen and oxygen atoms in total. The van der Waals surface area contributed by atoms with E-state index in [2.05, 4.69) is 4.90 Å². The zero-order valence-electron chi connectivity index (χ0n) is 29.8. The molecule has 0 saturated carbocycles. The lowest BCUT2D eigenvalue weighted by molar-refractivity contribution is -0.166. The second-order valence-electron chi connectivity index (χ2n) is 11.8. The summed E-state index contributed by atoms with van der Waals surface area (Å²) in [6.45, 7) is 8.74. The summed E-state index contributed by atoms with van der Waals surface area (Å²) in [7, 11) is 1.49. The third kappa shape index (κ3) is 13.5. The molecule has 1 fully saturated rings. The van der Waals surface area contributed by atoms with Crippen molar-refractivity contribution in [1.29, 1.82) is 0 Å². The molecule has 0 aliphatic carbocycles. The van der Waals surface area contributed by atoms with Crippen LogP contribution in [0.4, 0.5) is 0 Å². The topological polar surface area (TPSA) is 189 Å². The summed E-state index contributed by atoms with van der Waals surface area (Å²) in [6.07, 6.45) is 0.993. The Bertz CT molecular complexity index is 1430. The monoisotopic (exact) mass is 721 g/mol. The predicted octanol–water partition coefficient (Wildman–Crippen LogP) is 2.52. The van der Waals surface area contributed by atoms with Gasteiger partial charge in [0.1, 0.15) is 43.5 Å². The van der Waals surface area contributed by atoms with E-state index in [0.29, 0.717) is 55.2 Å². The van der Waals surface area contributed by atoms with Crippen molar-refractivity contribution >= 4 is 35.8 Å². The lowest BCUT2D eigenvalue weighted by Crippen LogP contribution is -2.38. The number of fused-ring (bicyclic) bond motifs is 1. The first-order valence-corrected chi connectivity index (χ1v) is 16.6. The van der Waals surface area contributed by atoms with E-state index in [4.69, 9.17) is 42.6 Å². The van der Waals surface area contributed by atoms with Gasteiger partial charge in [0, 0.05) is 51.0 Å². The highest BCUT2D eigenvalue weighted by Gasteiger charge is 2.33. The van der Waals surface area contributed by atoms with Crippen LogP contribution >= 0.6 is 0 Å². The predicted molar refractivity (Wildman–Crippen MR) is 176 cm³/mol. The van der Waals surface area contributed by atoms with Crippen LogP contribution in [0.5, 0.6) is 11.5 Å². The third-order valence-electron chi connectivity index (χ3n) is 7.98. The van der Waals surface area contributed by atoms with Gasteiger partial charge in [0.2, 0.25) is 6.79 Å². The van der Waals surface area contributed by atoms with Crippen molar-refractivity contribution in [2.45, 2.75) is 72.5 Å². The SMILES string of the molecule is COc1c(C)c2c(c(OCOC(=O)CCC(=O)OC(COC(C)=O)COC(C)=O)c1C/C=C(\C)CCC(=O)OCCN1CCOCC1)C(=O)OC2. The van der Waals surface area contributed by atoms with Gasteiger partial charge in [0.25, 0.3) is 0 Å². The van der Waals surface area contributed by atoms with Crippen molar-refractivity contribution in [2.24, 2.45) is 0 Å². The van der Waals surface area contributed by atoms with Gasteiger partial charge in [-0.25, -0.2) is 4.79 Å². The van der Waals surface area contributed by atoms with Crippen LogP contribution in [0, 0.1) is 6.92 Å². The number of esters is 6. The number of benzene rings is 1. The van der Waals surface area contributed by atoms with Gasteiger partial charge in [-0.2, -0.15) is 0 Å². The smallest absolute Gasteiger partial charge is 0.342 e. The second-order valence-corrected chi connectivity index (χ2v) is 11.8. The van der Waals surface area contributed by atoms with Gasteiger partial charge in [-0.15, -0.1) is 0 Å². The lowest BCUT2D eigenvalue weighted by atomic mass is 9.94. The lowest BCUT2D eigenvalue weighted by Gasteiger charge is -2.26. The number of hydrogen-bond donors (Lipinski definition) is 0. The van der Waals surface area contributed by atoms with Crippen molar-refractivity contribution < 1.29 is 71.4 Å². The Hall–Kier alpha value is -4.70. The van der Waals surface area contributed by atoms with Gasteiger partial charge in [-0.3, -0.25) is 28.9 Å². The number of methoxy groups -OCH3 is 1. The molecule has 51 heavy (non-hydrogen) atoms. The molecular weight excluding hydrogens is 674 g/mol. The highest BCUT2D eigenvalue weighted by Crippen LogP contribution is 2.43. The standard InChI is InChI=1S/C35H47NO15/c1-22(7-9-29(39)45-17-14-36-12-15-44-16-13-36)6-8-27-33(43-5)23(2)28-20-48-35(42)32(28)34(27)50-21-49-30(40)10-11-31(41)51-26(18-46-24(3)37)19-47-25(4)38/h6,26H,7-21H2,1-5H3/b22-6+. The molecule has 0 spiro atoms. The first kappa shape index (κ1) is 40.7. The summed E-state index contributed by atoms with van der Waals surface area (Å²) in [5.41, 5.74) is 2.90. The Morgan fingerprint density at radius 1 is 0.843 bits per heavy atom. The summed E-state index contributed by atoms with van der Waals surface area (Å²) >= 11 is 0. The highest BCUT2D eigenvalue weighted by molar-refractivity contribution is 5.98. The molecule has 1 aromatic rings. The van der Waals surface area contributed by atoms with Crippen LogP contribution in [-0.2, 0) is 70.2 Å². The first-order chi connectivity index (χ1) is 24.4. The van der Waals surface area contributed by atoms with Crippen LogP contribution in [-0.4, -0.2) is 113 Å². The molecule has 0 aromatic heterocycles. The molecule has 0 bridgehead atoms. The van der Waals surface area contributed by atoms with Crippen LogP contribution < -0.4 is 9.47 Å². The maximum atomic E-state index is 12.8. The van der Waals surface area contributed by atoms with E-state index in [-0.39, 0.29) is 62.8 Å². The zero-order valence-corrected chi connectivity index (χ0v) is 29.8. The third-order valence-corrected chi connectivity index (χ3v) is 7.98. The molecule has 2 aliphatic rings. The molecule has 0 N–H and O–H groups in total. The molecule has 0 unspecified atom stereocenters. The largest absolute Gasteiger partial charge is 0.496 e. The first-order valence-electron chi connectivity index (χ1n) is 16.6. The molecule has 3 rings (SSSR count). The maximum Gasteiger partial charge on any atom is 0.342 e. The van der Waals surface area contributed by atoms with E-state index in [1.807, 2.05) is 13.0 Å². The highest BCUT2D eigenvalue weighted by atomic mass is 16.7. The minimum atomic E-state index is -1.06. The van der Waals surface area contributed by atoms with Crippen molar-refractivity contribution in [1.82, 2.24) is 4.90 Å². The Balaban J connectivity index is 1.58. The molecule has 1 aromatic carbocycles. The quantitative estimate of drug-likeness (QED) is 0.0826. The van der Waals surface area contributed by atoms with Gasteiger partial charge in [0.15, 0.2) is 6.10 Å². The van der Waals surface area contributed by atoms with Crippen LogP contribution in [0.2, 0.25) is 0 Å². The molecule has 282 valence electrons. The second kappa shape index (κ2) is 20.8. The fourth-order valence-corrected chi connectivity index (χ4v) is 5.24. The minimum absolute atomic E-state index is 0.0212. The number of allylic oxidation sites excluding steroid dienone is 2. The van der Waals surface area contributed by atoms with Gasteiger partial charge in [-0.05, 0) is 32.3 Å². The van der Waals surface area contributed by atoms with Crippen LogP contribution in [0.1, 0.15) is 73.5 Å². The Morgan fingerprint density at radius 2 is 1.47 bits per heavy atom. The van der Waals surface area contributed by atoms with E-state index in [1.54, 1.807) is 6.92 Å². The minimum Gasteiger partial charge on any atom is -0.496 e. The van der Waals surface area contributed by atoms with Gasteiger partial charge < -0.3 is 42.6 Å². The summed E-state index contributed by atoms with van der Waals surface area (Å²) in [5.74, 6) is -3.13. The molecule has 2 aliphatic heterocycles. The molecular formula is C35H47NO15. The average molecular weight is 722 g/mol. The van der Waals surface area contributed by atoms with E-state index in [1.165, 1.54) is 21.0 Å². The van der Waals surface area contributed by atoms with Gasteiger partial charge >= 0.3 is 35.8 Å². The number of hydrogen-bond acceptors (Lipinski definition) is 16. The molecule has 16 heteroatoms. The summed E-state index contributed by atoms with van der Waals surface area (Å²) in [4.78, 5) is 74.4. The van der Waals surface area contributed by atoms with E-state index < -0.39 is 42.7 Å². The van der Waals surface area contributed by atoms with Crippen LogP contribution in [0.3, 0.4) is 0 Å². The van der Waals surface area contributed by atoms with Crippen LogP contribution in [0.15, 0.2) is 11.6 Å². The summed E-state index contributed by atoms with van der Waals surface area (Å²) in [6, 6.07) is 0. The van der Waals surface area contributed by atoms with E-state index >= 15 is 0 Å².